The summed E-state index contributed by atoms with van der Waals surface area (Å²) in [6.45, 7) is 0.399. The molecule has 5 nitrogen and oxygen atoms in total. The van der Waals surface area contributed by atoms with Crippen LogP contribution < -0.4 is 20.7 Å². The van der Waals surface area contributed by atoms with Crippen LogP contribution in [0.5, 0.6) is 11.5 Å². The van der Waals surface area contributed by atoms with Crippen LogP contribution >= 0.6 is 15.9 Å². The Hall–Kier alpha value is -1.79. The molecule has 0 aliphatic rings. The fourth-order valence-electron chi connectivity index (χ4n) is 1.59. The molecule has 1 aromatic heterocycles. The van der Waals surface area contributed by atoms with Gasteiger partial charge < -0.3 is 14.9 Å². The van der Waals surface area contributed by atoms with Crippen molar-refractivity contribution in [2.24, 2.45) is 5.84 Å². The molecule has 0 aliphatic carbocycles. The summed E-state index contributed by atoms with van der Waals surface area (Å²) >= 11 is 3.44. The van der Waals surface area contributed by atoms with Crippen LogP contribution in [0.3, 0.4) is 0 Å². The Morgan fingerprint density at radius 3 is 2.95 bits per heavy atom. The lowest BCUT2D eigenvalue weighted by Crippen LogP contribution is -2.09. The zero-order valence-corrected chi connectivity index (χ0v) is 12.0. The lowest BCUT2D eigenvalue weighted by molar-refractivity contribution is 0.282. The van der Waals surface area contributed by atoms with E-state index in [2.05, 4.69) is 26.3 Å². The summed E-state index contributed by atoms with van der Waals surface area (Å²) in [4.78, 5) is 4.04. The number of rotatable bonds is 5. The molecule has 0 fully saturated rings. The summed E-state index contributed by atoms with van der Waals surface area (Å²) in [7, 11) is 1.61. The highest BCUT2D eigenvalue weighted by Crippen LogP contribution is 2.35. The molecule has 0 radical (unpaired) electrons. The van der Waals surface area contributed by atoms with E-state index in [4.69, 9.17) is 15.3 Å². The Kier molecular flexibility index (Phi) is 4.59. The number of hydrogen-bond acceptors (Lipinski definition) is 5. The first-order valence-electron chi connectivity index (χ1n) is 5.61. The van der Waals surface area contributed by atoms with E-state index >= 15 is 0 Å². The standard InChI is InChI=1S/C13H14BrN3O2/c1-18-11-4-2-3-10(14)13(11)19-8-9-5-6-16-12(7-9)17-15/h2-7H,8,15H2,1H3,(H,16,17). The fraction of sp³-hybridized carbons (Fsp3) is 0.154. The Bertz CT molecular complexity index is 563. The Labute approximate surface area is 119 Å². The molecule has 0 saturated heterocycles. The van der Waals surface area contributed by atoms with Gasteiger partial charge in [-0.05, 0) is 45.8 Å². The quantitative estimate of drug-likeness (QED) is 0.654. The van der Waals surface area contributed by atoms with Crippen LogP contribution in [0.2, 0.25) is 0 Å². The van der Waals surface area contributed by atoms with Gasteiger partial charge >= 0.3 is 0 Å². The molecular weight excluding hydrogens is 310 g/mol. The minimum Gasteiger partial charge on any atom is -0.493 e. The number of nitrogens with zero attached hydrogens (tertiary/aromatic N) is 1. The maximum absolute atomic E-state index is 5.78. The maximum atomic E-state index is 5.78. The van der Waals surface area contributed by atoms with E-state index in [1.807, 2.05) is 30.3 Å². The van der Waals surface area contributed by atoms with Gasteiger partial charge in [-0.25, -0.2) is 10.8 Å². The molecule has 0 spiro atoms. The van der Waals surface area contributed by atoms with Crippen molar-refractivity contribution in [1.82, 2.24) is 4.98 Å². The predicted molar refractivity (Wildman–Crippen MR) is 77.1 cm³/mol. The second-order valence-corrected chi connectivity index (χ2v) is 4.61. The molecule has 100 valence electrons. The van der Waals surface area contributed by atoms with Crippen LogP contribution in [0.4, 0.5) is 5.82 Å². The Balaban J connectivity index is 2.14. The molecule has 0 atom stereocenters. The molecule has 2 aromatic rings. The van der Waals surface area contributed by atoms with Gasteiger partial charge in [-0.15, -0.1) is 0 Å². The van der Waals surface area contributed by atoms with Crippen LogP contribution in [0.15, 0.2) is 41.0 Å². The highest BCUT2D eigenvalue weighted by molar-refractivity contribution is 9.10. The average Bonchev–Trinajstić information content (AvgIpc) is 2.46. The summed E-state index contributed by atoms with van der Waals surface area (Å²) in [5.74, 6) is 7.26. The topological polar surface area (TPSA) is 69.4 Å². The number of pyridine rings is 1. The third-order valence-corrected chi connectivity index (χ3v) is 3.13. The van der Waals surface area contributed by atoms with Crippen LogP contribution in [0, 0.1) is 0 Å². The van der Waals surface area contributed by atoms with Crippen LogP contribution in [0.25, 0.3) is 0 Å². The summed E-state index contributed by atoms with van der Waals surface area (Å²) in [5.41, 5.74) is 3.46. The highest BCUT2D eigenvalue weighted by atomic mass is 79.9. The minimum absolute atomic E-state index is 0.399. The maximum Gasteiger partial charge on any atom is 0.175 e. The van der Waals surface area contributed by atoms with Gasteiger partial charge in [0.1, 0.15) is 12.4 Å². The third-order valence-electron chi connectivity index (χ3n) is 2.51. The van der Waals surface area contributed by atoms with Crippen molar-refractivity contribution < 1.29 is 9.47 Å². The number of nitrogen functional groups attached to an aromatic ring is 1. The Morgan fingerprint density at radius 2 is 2.21 bits per heavy atom. The van der Waals surface area contributed by atoms with Gasteiger partial charge in [-0.2, -0.15) is 0 Å². The van der Waals surface area contributed by atoms with Gasteiger partial charge in [0.2, 0.25) is 0 Å². The summed E-state index contributed by atoms with van der Waals surface area (Å²) in [6.07, 6.45) is 1.67. The molecule has 3 N–H and O–H groups in total. The normalized spacial score (nSPS) is 10.1. The van der Waals surface area contributed by atoms with E-state index < -0.39 is 0 Å². The monoisotopic (exact) mass is 323 g/mol. The SMILES string of the molecule is COc1cccc(Br)c1OCc1ccnc(NN)c1. The third kappa shape index (κ3) is 3.36. The summed E-state index contributed by atoms with van der Waals surface area (Å²) in [5, 5.41) is 0. The lowest BCUT2D eigenvalue weighted by atomic mass is 10.2. The summed E-state index contributed by atoms with van der Waals surface area (Å²) < 4.78 is 11.9. The van der Waals surface area contributed by atoms with Gasteiger partial charge in [0, 0.05) is 6.20 Å². The number of nitrogens with two attached hydrogens (primary N) is 1. The predicted octanol–water partition coefficient (Wildman–Crippen LogP) is 2.72. The van der Waals surface area contributed by atoms with Crippen molar-refractivity contribution in [3.8, 4) is 11.5 Å². The smallest absolute Gasteiger partial charge is 0.175 e. The summed E-state index contributed by atoms with van der Waals surface area (Å²) in [6, 6.07) is 9.32. The number of ether oxygens (including phenoxy) is 2. The first-order chi connectivity index (χ1) is 9.24. The zero-order chi connectivity index (χ0) is 13.7. The van der Waals surface area contributed by atoms with Crippen molar-refractivity contribution in [3.63, 3.8) is 0 Å². The van der Waals surface area contributed by atoms with Gasteiger partial charge in [-0.1, -0.05) is 6.07 Å². The van der Waals surface area contributed by atoms with Gasteiger partial charge in [0.25, 0.3) is 0 Å². The molecule has 1 aromatic carbocycles. The molecule has 19 heavy (non-hydrogen) atoms. The van der Waals surface area contributed by atoms with E-state index in [9.17, 15) is 0 Å². The number of hydrazine groups is 1. The van der Waals surface area contributed by atoms with Crippen molar-refractivity contribution in [2.75, 3.05) is 12.5 Å². The molecule has 2 rings (SSSR count). The van der Waals surface area contributed by atoms with E-state index in [1.54, 1.807) is 13.3 Å². The van der Waals surface area contributed by atoms with E-state index in [0.29, 0.717) is 23.9 Å². The van der Waals surface area contributed by atoms with Crippen molar-refractivity contribution in [2.45, 2.75) is 6.61 Å². The van der Waals surface area contributed by atoms with E-state index in [-0.39, 0.29) is 0 Å². The van der Waals surface area contributed by atoms with Crippen LogP contribution in [-0.4, -0.2) is 12.1 Å². The van der Waals surface area contributed by atoms with Gasteiger partial charge in [0.15, 0.2) is 11.5 Å². The van der Waals surface area contributed by atoms with Crippen molar-refractivity contribution >= 4 is 21.7 Å². The second kappa shape index (κ2) is 6.40. The molecule has 0 bridgehead atoms. The number of hydrogen-bond donors (Lipinski definition) is 2. The van der Waals surface area contributed by atoms with E-state index in [1.165, 1.54) is 0 Å². The number of anilines is 1. The van der Waals surface area contributed by atoms with Crippen molar-refractivity contribution in [3.05, 3.63) is 46.6 Å². The number of nitrogens with one attached hydrogen (secondary N) is 1. The molecule has 0 amide bonds. The zero-order valence-electron chi connectivity index (χ0n) is 10.4. The number of halogens is 1. The number of para-hydroxylation sites is 1. The lowest BCUT2D eigenvalue weighted by Gasteiger charge is -2.12. The molecule has 0 saturated carbocycles. The van der Waals surface area contributed by atoms with Gasteiger partial charge in [-0.3, -0.25) is 0 Å². The number of methoxy groups -OCH3 is 1. The Morgan fingerprint density at radius 1 is 1.37 bits per heavy atom. The first-order valence-corrected chi connectivity index (χ1v) is 6.40. The molecule has 6 heteroatoms. The minimum atomic E-state index is 0.399. The largest absolute Gasteiger partial charge is 0.493 e. The molecule has 0 aliphatic heterocycles. The van der Waals surface area contributed by atoms with E-state index in [0.717, 1.165) is 10.0 Å². The number of aromatic nitrogens is 1. The van der Waals surface area contributed by atoms with Crippen LogP contribution in [-0.2, 0) is 6.61 Å². The number of benzene rings is 1. The molecular formula is C13H14BrN3O2. The van der Waals surface area contributed by atoms with Crippen LogP contribution in [0.1, 0.15) is 5.56 Å². The molecule has 1 heterocycles. The average molecular weight is 324 g/mol. The molecule has 0 unspecified atom stereocenters. The van der Waals surface area contributed by atoms with Gasteiger partial charge in [0.05, 0.1) is 11.6 Å². The van der Waals surface area contributed by atoms with Crippen molar-refractivity contribution in [1.29, 1.82) is 0 Å². The highest BCUT2D eigenvalue weighted by Gasteiger charge is 2.08. The first kappa shape index (κ1) is 13.6. The fourth-order valence-corrected chi connectivity index (χ4v) is 2.05. The second-order valence-electron chi connectivity index (χ2n) is 3.75.